The molecule has 9 heteroatoms. The first kappa shape index (κ1) is 24.3. The molecule has 35 heavy (non-hydrogen) atoms. The summed E-state index contributed by atoms with van der Waals surface area (Å²) in [5.41, 5.74) is 3.13. The van der Waals surface area contributed by atoms with Crippen LogP contribution in [0.1, 0.15) is 33.3 Å². The maximum atomic E-state index is 13.3. The van der Waals surface area contributed by atoms with Gasteiger partial charge in [-0.2, -0.15) is 5.10 Å². The molecule has 2 aromatic carbocycles. The second-order valence-corrected chi connectivity index (χ2v) is 9.17. The zero-order valence-electron chi connectivity index (χ0n) is 20.1. The van der Waals surface area contributed by atoms with Crippen molar-refractivity contribution in [3.05, 3.63) is 76.0 Å². The highest BCUT2D eigenvalue weighted by Gasteiger charge is 2.33. The van der Waals surface area contributed by atoms with Crippen LogP contribution in [-0.4, -0.2) is 62.3 Å². The van der Waals surface area contributed by atoms with Gasteiger partial charge in [-0.15, -0.1) is 11.3 Å². The number of hydrazone groups is 1. The molecule has 182 valence electrons. The van der Waals surface area contributed by atoms with Crippen LogP contribution in [0.15, 0.2) is 65.1 Å². The fourth-order valence-electron chi connectivity index (χ4n) is 3.90. The Balaban J connectivity index is 1.53. The summed E-state index contributed by atoms with van der Waals surface area (Å²) in [5.74, 6) is 1.000. The normalized spacial score (nSPS) is 14.9. The zero-order chi connectivity index (χ0) is 24.9. The fourth-order valence-corrected chi connectivity index (χ4v) is 4.62. The molecule has 0 aliphatic carbocycles. The maximum absolute atomic E-state index is 13.3. The monoisotopic (exact) mass is 492 g/mol. The van der Waals surface area contributed by atoms with Crippen molar-refractivity contribution in [2.75, 3.05) is 40.2 Å². The maximum Gasteiger partial charge on any atom is 0.262 e. The molecular weight excluding hydrogens is 464 g/mol. The second-order valence-electron chi connectivity index (χ2n) is 8.23. The van der Waals surface area contributed by atoms with E-state index in [-0.39, 0.29) is 24.4 Å². The summed E-state index contributed by atoms with van der Waals surface area (Å²) in [5, 5.41) is 11.4. The van der Waals surface area contributed by atoms with Crippen LogP contribution in [0.3, 0.4) is 0 Å². The van der Waals surface area contributed by atoms with E-state index in [1.807, 2.05) is 35.7 Å². The van der Waals surface area contributed by atoms with Crippen molar-refractivity contribution in [2.24, 2.45) is 5.10 Å². The van der Waals surface area contributed by atoms with E-state index in [4.69, 9.17) is 14.6 Å². The van der Waals surface area contributed by atoms with E-state index >= 15 is 0 Å². The number of methoxy groups -OCH3 is 2. The first-order chi connectivity index (χ1) is 16.9. The van der Waals surface area contributed by atoms with Crippen molar-refractivity contribution in [1.29, 1.82) is 0 Å². The van der Waals surface area contributed by atoms with Gasteiger partial charge in [0.25, 0.3) is 11.8 Å². The van der Waals surface area contributed by atoms with E-state index in [1.54, 1.807) is 68.9 Å². The van der Waals surface area contributed by atoms with E-state index in [9.17, 15) is 9.59 Å². The predicted octanol–water partition coefficient (Wildman–Crippen LogP) is 4.26. The zero-order valence-corrected chi connectivity index (χ0v) is 21.0. The highest BCUT2D eigenvalue weighted by Crippen LogP contribution is 2.37. The number of hydrogen-bond acceptors (Lipinski definition) is 7. The summed E-state index contributed by atoms with van der Waals surface area (Å²) >= 11 is 1.60. The number of amides is 2. The van der Waals surface area contributed by atoms with Gasteiger partial charge in [-0.1, -0.05) is 12.1 Å². The third-order valence-electron chi connectivity index (χ3n) is 5.75. The van der Waals surface area contributed by atoms with Crippen LogP contribution in [0.2, 0.25) is 0 Å². The van der Waals surface area contributed by atoms with E-state index in [2.05, 4.69) is 5.32 Å². The second kappa shape index (κ2) is 10.6. The van der Waals surface area contributed by atoms with Crippen LogP contribution in [-0.2, 0) is 4.79 Å². The molecule has 0 saturated heterocycles. The molecule has 0 fully saturated rings. The first-order valence-electron chi connectivity index (χ1n) is 11.1. The summed E-state index contributed by atoms with van der Waals surface area (Å²) in [6.07, 6.45) is 0.600. The van der Waals surface area contributed by atoms with Crippen LogP contribution in [0.5, 0.6) is 11.5 Å². The SMILES string of the molecule is COc1ccc(C2CC(c3cccs3)=NN2C(=O)CNc2ccc(C(=O)N(C)C)cc2)cc1OC. The number of rotatable bonds is 8. The van der Waals surface area contributed by atoms with Crippen molar-refractivity contribution in [1.82, 2.24) is 9.91 Å². The number of carbonyl (C=O) groups excluding carboxylic acids is 2. The molecule has 8 nitrogen and oxygen atoms in total. The van der Waals surface area contributed by atoms with Gasteiger partial charge in [0, 0.05) is 31.8 Å². The van der Waals surface area contributed by atoms with Crippen molar-refractivity contribution in [3.8, 4) is 11.5 Å². The first-order valence-corrected chi connectivity index (χ1v) is 12.0. The van der Waals surface area contributed by atoms with Gasteiger partial charge in [0.15, 0.2) is 11.5 Å². The van der Waals surface area contributed by atoms with Crippen molar-refractivity contribution >= 4 is 34.6 Å². The minimum absolute atomic E-state index is 0.0615. The van der Waals surface area contributed by atoms with Crippen LogP contribution in [0, 0.1) is 0 Å². The van der Waals surface area contributed by atoms with Gasteiger partial charge in [-0.3, -0.25) is 9.59 Å². The summed E-state index contributed by atoms with van der Waals surface area (Å²) in [7, 11) is 6.61. The number of ether oxygens (including phenoxy) is 2. The van der Waals surface area contributed by atoms with E-state index in [1.165, 1.54) is 4.90 Å². The Labute approximate surface area is 208 Å². The number of nitrogens with zero attached hydrogens (tertiary/aromatic N) is 3. The molecule has 1 aliphatic heterocycles. The molecule has 4 rings (SSSR count). The third-order valence-corrected chi connectivity index (χ3v) is 6.66. The Kier molecular flexibility index (Phi) is 7.36. The van der Waals surface area contributed by atoms with Crippen LogP contribution >= 0.6 is 11.3 Å². The highest BCUT2D eigenvalue weighted by molar-refractivity contribution is 7.12. The number of thiophene rings is 1. The third kappa shape index (κ3) is 5.30. The largest absolute Gasteiger partial charge is 0.493 e. The van der Waals surface area contributed by atoms with Gasteiger partial charge in [0.1, 0.15) is 0 Å². The molecule has 1 aromatic heterocycles. The predicted molar refractivity (Wildman–Crippen MR) is 138 cm³/mol. The van der Waals surface area contributed by atoms with Gasteiger partial charge in [0.05, 0.1) is 37.4 Å². The van der Waals surface area contributed by atoms with E-state index in [0.717, 1.165) is 21.8 Å². The Morgan fingerprint density at radius 2 is 1.83 bits per heavy atom. The molecule has 0 radical (unpaired) electrons. The molecular formula is C26H28N4O4S. The number of nitrogens with one attached hydrogen (secondary N) is 1. The van der Waals surface area contributed by atoms with Crippen LogP contribution < -0.4 is 14.8 Å². The average molecular weight is 493 g/mol. The summed E-state index contributed by atoms with van der Waals surface area (Å²) in [4.78, 5) is 28.0. The van der Waals surface area contributed by atoms with Crippen molar-refractivity contribution in [2.45, 2.75) is 12.5 Å². The highest BCUT2D eigenvalue weighted by atomic mass is 32.1. The number of anilines is 1. The number of benzene rings is 2. The molecule has 1 unspecified atom stereocenters. The van der Waals surface area contributed by atoms with Gasteiger partial charge >= 0.3 is 0 Å². The smallest absolute Gasteiger partial charge is 0.262 e. The minimum Gasteiger partial charge on any atom is -0.493 e. The topological polar surface area (TPSA) is 83.5 Å². The van der Waals surface area contributed by atoms with Crippen LogP contribution in [0.4, 0.5) is 5.69 Å². The summed E-state index contributed by atoms with van der Waals surface area (Å²) in [6.45, 7) is 0.0615. The lowest BCUT2D eigenvalue weighted by molar-refractivity contribution is -0.131. The lowest BCUT2D eigenvalue weighted by Gasteiger charge is -2.23. The van der Waals surface area contributed by atoms with Crippen molar-refractivity contribution < 1.29 is 19.1 Å². The van der Waals surface area contributed by atoms with Gasteiger partial charge in [0.2, 0.25) is 0 Å². The molecule has 1 N–H and O–H groups in total. The average Bonchev–Trinajstić information content (AvgIpc) is 3.57. The molecule has 3 aromatic rings. The van der Waals surface area contributed by atoms with E-state index in [0.29, 0.717) is 23.5 Å². The quantitative estimate of drug-likeness (QED) is 0.508. The molecule has 1 aliphatic rings. The molecule has 0 saturated carbocycles. The lowest BCUT2D eigenvalue weighted by atomic mass is 10.0. The van der Waals surface area contributed by atoms with Crippen molar-refractivity contribution in [3.63, 3.8) is 0 Å². The molecule has 0 spiro atoms. The minimum atomic E-state index is -0.263. The fraction of sp³-hybridized carbons (Fsp3) is 0.269. The molecule has 2 amide bonds. The summed E-state index contributed by atoms with van der Waals surface area (Å²) in [6, 6.07) is 16.5. The van der Waals surface area contributed by atoms with Crippen LogP contribution in [0.25, 0.3) is 0 Å². The Hall–Kier alpha value is -3.85. The molecule has 1 atom stereocenters. The Morgan fingerprint density at radius 1 is 1.09 bits per heavy atom. The molecule has 0 bridgehead atoms. The number of carbonyl (C=O) groups is 2. The Morgan fingerprint density at radius 3 is 2.46 bits per heavy atom. The lowest BCUT2D eigenvalue weighted by Crippen LogP contribution is -2.32. The standard InChI is InChI=1S/C26H28N4O4S/c1-29(2)26(32)17-7-10-19(11-8-17)27-16-25(31)30-21(15-20(28-30)24-6-5-13-35-24)18-9-12-22(33-3)23(14-18)34-4/h5-14,21,27H,15-16H2,1-4H3. The van der Waals surface area contributed by atoms with Gasteiger partial charge in [-0.25, -0.2) is 5.01 Å². The van der Waals surface area contributed by atoms with Gasteiger partial charge in [-0.05, 0) is 53.4 Å². The van der Waals surface area contributed by atoms with E-state index < -0.39 is 0 Å². The molecule has 2 heterocycles. The summed E-state index contributed by atoms with van der Waals surface area (Å²) < 4.78 is 10.8. The van der Waals surface area contributed by atoms with Gasteiger partial charge < -0.3 is 19.7 Å². The Bertz CT molecular complexity index is 1220. The number of hydrogen-bond donors (Lipinski definition) is 1.